The topological polar surface area (TPSA) is 74.0 Å². The molecule has 2 amide bonds. The first-order valence-corrected chi connectivity index (χ1v) is 7.69. The third-order valence-corrected chi connectivity index (χ3v) is 3.46. The lowest BCUT2D eigenvalue weighted by Gasteiger charge is -2.08. The number of aryl methyl sites for hydroxylation is 1. The maximum absolute atomic E-state index is 11.7. The van der Waals surface area contributed by atoms with Crippen LogP contribution in [0.4, 0.5) is 0 Å². The summed E-state index contributed by atoms with van der Waals surface area (Å²) in [6.07, 6.45) is 4.37. The molecule has 22 heavy (non-hydrogen) atoms. The highest BCUT2D eigenvalue weighted by atomic mass is 16.2. The average molecular weight is 301 g/mol. The summed E-state index contributed by atoms with van der Waals surface area (Å²) in [6.45, 7) is 3.92. The van der Waals surface area contributed by atoms with Crippen molar-refractivity contribution in [3.8, 4) is 0 Å². The zero-order valence-electron chi connectivity index (χ0n) is 13.1. The second-order valence-corrected chi connectivity index (χ2v) is 5.91. The van der Waals surface area contributed by atoms with Crippen LogP contribution in [0.2, 0.25) is 0 Å². The number of amides is 2. The minimum Gasteiger partial charge on any atom is -0.361 e. The van der Waals surface area contributed by atoms with Gasteiger partial charge in [0.05, 0.1) is 0 Å². The molecule has 2 rings (SSSR count). The Hall–Kier alpha value is -2.30. The van der Waals surface area contributed by atoms with E-state index in [-0.39, 0.29) is 17.7 Å². The van der Waals surface area contributed by atoms with Gasteiger partial charge in [0, 0.05) is 29.9 Å². The minimum atomic E-state index is -0.156. The van der Waals surface area contributed by atoms with Crippen molar-refractivity contribution in [3.05, 3.63) is 36.0 Å². The van der Waals surface area contributed by atoms with Gasteiger partial charge in [-0.3, -0.25) is 20.4 Å². The standard InChI is InChI=1S/C17H23N3O2/c1-12(2)10-17(22)20-19-16(21)9-5-6-13-11-18-15-8-4-3-7-14(13)15/h3-4,7-8,11-12,18H,5-6,9-10H2,1-2H3,(H,19,21)(H,20,22). The maximum atomic E-state index is 11.7. The van der Waals surface area contributed by atoms with E-state index in [1.807, 2.05) is 38.2 Å². The molecule has 0 saturated carbocycles. The summed E-state index contributed by atoms with van der Waals surface area (Å²) in [4.78, 5) is 26.4. The van der Waals surface area contributed by atoms with Crippen molar-refractivity contribution in [2.45, 2.75) is 39.5 Å². The van der Waals surface area contributed by atoms with Gasteiger partial charge in [0.1, 0.15) is 0 Å². The molecule has 118 valence electrons. The highest BCUT2D eigenvalue weighted by Crippen LogP contribution is 2.19. The van der Waals surface area contributed by atoms with Crippen molar-refractivity contribution in [3.63, 3.8) is 0 Å². The molecule has 1 aromatic heterocycles. The molecule has 0 aliphatic rings. The molecule has 0 spiro atoms. The Kier molecular flexibility index (Phi) is 5.58. The fourth-order valence-electron chi connectivity index (χ4n) is 2.40. The summed E-state index contributed by atoms with van der Waals surface area (Å²) in [7, 11) is 0. The molecule has 0 aliphatic heterocycles. The second kappa shape index (κ2) is 7.64. The second-order valence-electron chi connectivity index (χ2n) is 5.91. The summed E-state index contributed by atoms with van der Waals surface area (Å²) in [5.74, 6) is -0.0318. The first kappa shape index (κ1) is 16.1. The van der Waals surface area contributed by atoms with Gasteiger partial charge in [-0.05, 0) is 30.4 Å². The van der Waals surface area contributed by atoms with Gasteiger partial charge in [0.15, 0.2) is 0 Å². The Labute approximate surface area is 130 Å². The van der Waals surface area contributed by atoms with E-state index >= 15 is 0 Å². The molecule has 1 heterocycles. The number of rotatable bonds is 6. The molecule has 5 heteroatoms. The predicted octanol–water partition coefficient (Wildman–Crippen LogP) is 2.68. The number of aromatic nitrogens is 1. The van der Waals surface area contributed by atoms with Gasteiger partial charge >= 0.3 is 0 Å². The van der Waals surface area contributed by atoms with Gasteiger partial charge < -0.3 is 4.98 Å². The van der Waals surface area contributed by atoms with Crippen LogP contribution in [0.1, 0.15) is 38.7 Å². The van der Waals surface area contributed by atoms with Gasteiger partial charge in [-0.2, -0.15) is 0 Å². The highest BCUT2D eigenvalue weighted by molar-refractivity contribution is 5.83. The van der Waals surface area contributed by atoms with Gasteiger partial charge in [-0.15, -0.1) is 0 Å². The number of aromatic amines is 1. The lowest BCUT2D eigenvalue weighted by molar-refractivity contribution is -0.129. The Morgan fingerprint density at radius 3 is 2.64 bits per heavy atom. The Morgan fingerprint density at radius 2 is 1.86 bits per heavy atom. The largest absolute Gasteiger partial charge is 0.361 e. The van der Waals surface area contributed by atoms with E-state index in [9.17, 15) is 9.59 Å². The van der Waals surface area contributed by atoms with Crippen LogP contribution in [-0.2, 0) is 16.0 Å². The maximum Gasteiger partial charge on any atom is 0.238 e. The first-order valence-electron chi connectivity index (χ1n) is 7.69. The van der Waals surface area contributed by atoms with Crippen LogP contribution in [0.15, 0.2) is 30.5 Å². The van der Waals surface area contributed by atoms with Crippen LogP contribution in [0.25, 0.3) is 10.9 Å². The molecule has 0 saturated heterocycles. The van der Waals surface area contributed by atoms with Crippen molar-refractivity contribution in [2.75, 3.05) is 0 Å². The zero-order valence-corrected chi connectivity index (χ0v) is 13.1. The zero-order chi connectivity index (χ0) is 15.9. The average Bonchev–Trinajstić information content (AvgIpc) is 2.88. The van der Waals surface area contributed by atoms with Gasteiger partial charge in [-0.25, -0.2) is 0 Å². The number of hydrogen-bond donors (Lipinski definition) is 3. The first-order chi connectivity index (χ1) is 10.6. The molecule has 0 aliphatic carbocycles. The number of H-pyrrole nitrogens is 1. The van der Waals surface area contributed by atoms with Crippen molar-refractivity contribution in [1.82, 2.24) is 15.8 Å². The van der Waals surface area contributed by atoms with Crippen LogP contribution in [-0.4, -0.2) is 16.8 Å². The molecule has 0 radical (unpaired) electrons. The summed E-state index contributed by atoms with van der Waals surface area (Å²) in [5, 5.41) is 1.20. The predicted molar refractivity (Wildman–Crippen MR) is 87.0 cm³/mol. The molecular weight excluding hydrogens is 278 g/mol. The van der Waals surface area contributed by atoms with E-state index in [2.05, 4.69) is 21.9 Å². The molecule has 1 aromatic carbocycles. The molecule has 3 N–H and O–H groups in total. The number of carbonyl (C=O) groups excluding carboxylic acids is 2. The number of hydrogen-bond acceptors (Lipinski definition) is 2. The number of hydrazine groups is 1. The molecule has 0 atom stereocenters. The smallest absolute Gasteiger partial charge is 0.238 e. The van der Waals surface area contributed by atoms with Crippen LogP contribution in [0.3, 0.4) is 0 Å². The monoisotopic (exact) mass is 301 g/mol. The fourth-order valence-corrected chi connectivity index (χ4v) is 2.40. The van der Waals surface area contributed by atoms with E-state index in [0.29, 0.717) is 12.8 Å². The van der Waals surface area contributed by atoms with Crippen molar-refractivity contribution >= 4 is 22.7 Å². The van der Waals surface area contributed by atoms with Crippen molar-refractivity contribution in [1.29, 1.82) is 0 Å². The lowest BCUT2D eigenvalue weighted by Crippen LogP contribution is -2.41. The third-order valence-electron chi connectivity index (χ3n) is 3.46. The molecule has 0 unspecified atom stereocenters. The Morgan fingerprint density at radius 1 is 1.14 bits per heavy atom. The Balaban J connectivity index is 1.72. The van der Waals surface area contributed by atoms with E-state index in [1.54, 1.807) is 0 Å². The molecule has 2 aromatic rings. The number of fused-ring (bicyclic) bond motifs is 1. The van der Waals surface area contributed by atoms with E-state index in [0.717, 1.165) is 18.4 Å². The number of para-hydroxylation sites is 1. The molecule has 5 nitrogen and oxygen atoms in total. The molecule has 0 fully saturated rings. The van der Waals surface area contributed by atoms with Gasteiger partial charge in [0.25, 0.3) is 0 Å². The summed E-state index contributed by atoms with van der Waals surface area (Å²) in [6, 6.07) is 8.12. The van der Waals surface area contributed by atoms with Crippen molar-refractivity contribution in [2.24, 2.45) is 5.92 Å². The normalized spacial score (nSPS) is 10.9. The van der Waals surface area contributed by atoms with Gasteiger partial charge in [-0.1, -0.05) is 32.0 Å². The van der Waals surface area contributed by atoms with Crippen molar-refractivity contribution < 1.29 is 9.59 Å². The van der Waals surface area contributed by atoms with E-state index < -0.39 is 0 Å². The summed E-state index contributed by atoms with van der Waals surface area (Å²) in [5.41, 5.74) is 7.23. The SMILES string of the molecule is CC(C)CC(=O)NNC(=O)CCCc1c[nH]c2ccccc12. The quantitative estimate of drug-likeness (QED) is 0.718. The number of carbonyl (C=O) groups is 2. The van der Waals surface area contributed by atoms with Gasteiger partial charge in [0.2, 0.25) is 11.8 Å². The highest BCUT2D eigenvalue weighted by Gasteiger charge is 2.08. The Bertz CT molecular complexity index is 646. The van der Waals surface area contributed by atoms with Crippen LogP contribution >= 0.6 is 0 Å². The number of nitrogens with one attached hydrogen (secondary N) is 3. The van der Waals surface area contributed by atoms with Crippen LogP contribution < -0.4 is 10.9 Å². The van der Waals surface area contributed by atoms with Crippen LogP contribution in [0.5, 0.6) is 0 Å². The minimum absolute atomic E-state index is 0.153. The van der Waals surface area contributed by atoms with Crippen LogP contribution in [0, 0.1) is 5.92 Å². The molecule has 0 bridgehead atoms. The third kappa shape index (κ3) is 4.62. The number of benzene rings is 1. The van der Waals surface area contributed by atoms with E-state index in [4.69, 9.17) is 0 Å². The molecular formula is C17H23N3O2. The summed E-state index contributed by atoms with van der Waals surface area (Å²) >= 11 is 0. The summed E-state index contributed by atoms with van der Waals surface area (Å²) < 4.78 is 0. The fraction of sp³-hybridized carbons (Fsp3) is 0.412. The lowest BCUT2D eigenvalue weighted by atomic mass is 10.1. The van der Waals surface area contributed by atoms with E-state index in [1.165, 1.54) is 10.9 Å².